The fraction of sp³-hybridized carbons (Fsp3) is 0.522. The molecule has 4 rings (SSSR count). The maximum atomic E-state index is 13.1. The first-order chi connectivity index (χ1) is 14.5. The van der Waals surface area contributed by atoms with Crippen molar-refractivity contribution >= 4 is 28.3 Å². The number of carbonyl (C=O) groups excluding carboxylic acids is 1. The zero-order chi connectivity index (χ0) is 21.1. The van der Waals surface area contributed by atoms with Crippen LogP contribution in [0.25, 0.3) is 21.6 Å². The largest absolute Gasteiger partial charge is 0.352 e. The number of pyridine rings is 1. The maximum absolute atomic E-state index is 13.1. The first-order valence-corrected chi connectivity index (χ1v) is 11.8. The van der Waals surface area contributed by atoms with Gasteiger partial charge in [0.05, 0.1) is 27.2 Å². The molecule has 4 heterocycles. The number of piperidine rings is 1. The number of unbranched alkanes of at least 4 members (excludes halogenated alkanes) is 1. The lowest BCUT2D eigenvalue weighted by Gasteiger charge is -2.30. The Morgan fingerprint density at radius 1 is 1.30 bits per heavy atom. The predicted molar refractivity (Wildman–Crippen MR) is 123 cm³/mol. The van der Waals surface area contributed by atoms with Crippen molar-refractivity contribution in [2.45, 2.75) is 39.5 Å². The Bertz CT molecular complexity index is 1000. The van der Waals surface area contributed by atoms with Gasteiger partial charge in [0, 0.05) is 13.6 Å². The number of carbonyl (C=O) groups is 1. The molecule has 0 aliphatic carbocycles. The van der Waals surface area contributed by atoms with Gasteiger partial charge in [0.1, 0.15) is 0 Å². The number of hydrogen-bond donors (Lipinski definition) is 1. The van der Waals surface area contributed by atoms with Gasteiger partial charge in [0.15, 0.2) is 5.65 Å². The standard InChI is InChI=1S/C23H31N5OS/c1-16-8-12-28(13-9-16)11-5-4-10-24-23(29)18-15-19(20-7-6-14-30-20)25-22-21(18)17(2)26-27(22)3/h6-7,14-16H,4-5,8-13H2,1-3H3,(H,24,29). The van der Waals surface area contributed by atoms with E-state index in [4.69, 9.17) is 4.98 Å². The number of aryl methyl sites for hydroxylation is 2. The quantitative estimate of drug-likeness (QED) is 0.575. The number of amides is 1. The molecule has 0 spiro atoms. The van der Waals surface area contributed by atoms with E-state index in [9.17, 15) is 4.79 Å². The maximum Gasteiger partial charge on any atom is 0.252 e. The van der Waals surface area contributed by atoms with Crippen LogP contribution in [0, 0.1) is 12.8 Å². The van der Waals surface area contributed by atoms with Gasteiger partial charge in [-0.3, -0.25) is 9.48 Å². The fourth-order valence-corrected chi connectivity index (χ4v) is 4.90. The summed E-state index contributed by atoms with van der Waals surface area (Å²) in [6.45, 7) is 8.54. The van der Waals surface area contributed by atoms with Crippen molar-refractivity contribution in [1.29, 1.82) is 0 Å². The van der Waals surface area contributed by atoms with E-state index >= 15 is 0 Å². The number of thiophene rings is 1. The zero-order valence-electron chi connectivity index (χ0n) is 18.1. The number of hydrogen-bond acceptors (Lipinski definition) is 5. The molecule has 160 valence electrons. The van der Waals surface area contributed by atoms with Gasteiger partial charge >= 0.3 is 0 Å². The van der Waals surface area contributed by atoms with Crippen LogP contribution in [0.15, 0.2) is 23.6 Å². The Kier molecular flexibility index (Phi) is 6.49. The van der Waals surface area contributed by atoms with E-state index in [1.165, 1.54) is 25.9 Å². The Balaban J connectivity index is 1.41. The van der Waals surface area contributed by atoms with E-state index in [0.717, 1.165) is 52.6 Å². The molecule has 1 saturated heterocycles. The first kappa shape index (κ1) is 21.0. The lowest BCUT2D eigenvalue weighted by molar-refractivity contribution is 0.0953. The van der Waals surface area contributed by atoms with Gasteiger partial charge in [-0.15, -0.1) is 11.3 Å². The summed E-state index contributed by atoms with van der Waals surface area (Å²) in [5, 5.41) is 10.5. The Labute approximate surface area is 182 Å². The minimum atomic E-state index is -0.0388. The molecule has 7 heteroatoms. The van der Waals surface area contributed by atoms with Crippen LogP contribution in [0.3, 0.4) is 0 Å². The summed E-state index contributed by atoms with van der Waals surface area (Å²) < 4.78 is 1.76. The number of nitrogens with one attached hydrogen (secondary N) is 1. The Hall–Kier alpha value is -2.25. The molecule has 30 heavy (non-hydrogen) atoms. The highest BCUT2D eigenvalue weighted by Crippen LogP contribution is 2.29. The molecule has 0 bridgehead atoms. The molecule has 1 N–H and O–H groups in total. The number of aromatic nitrogens is 3. The molecule has 1 amide bonds. The summed E-state index contributed by atoms with van der Waals surface area (Å²) in [5.41, 5.74) is 3.08. The normalized spacial score (nSPS) is 15.7. The molecule has 3 aromatic heterocycles. The molecule has 0 unspecified atom stereocenters. The summed E-state index contributed by atoms with van der Waals surface area (Å²) >= 11 is 1.63. The molecular weight excluding hydrogens is 394 g/mol. The van der Waals surface area contributed by atoms with Crippen LogP contribution in [0.1, 0.15) is 48.7 Å². The summed E-state index contributed by atoms with van der Waals surface area (Å²) in [4.78, 5) is 21.4. The summed E-state index contributed by atoms with van der Waals surface area (Å²) in [6, 6.07) is 5.95. The van der Waals surface area contributed by atoms with Gasteiger partial charge in [-0.2, -0.15) is 5.10 Å². The third-order valence-corrected chi connectivity index (χ3v) is 6.94. The first-order valence-electron chi connectivity index (χ1n) is 10.9. The zero-order valence-corrected chi connectivity index (χ0v) is 19.0. The molecule has 0 saturated carbocycles. The molecule has 1 aliphatic rings. The summed E-state index contributed by atoms with van der Waals surface area (Å²) in [6.07, 6.45) is 4.74. The third kappa shape index (κ3) is 4.57. The lowest BCUT2D eigenvalue weighted by atomic mass is 9.99. The summed E-state index contributed by atoms with van der Waals surface area (Å²) in [5.74, 6) is 0.829. The van der Waals surface area contributed by atoms with Crippen LogP contribution < -0.4 is 5.32 Å². The topological polar surface area (TPSA) is 63.1 Å². The van der Waals surface area contributed by atoms with Crippen LogP contribution in [0.4, 0.5) is 0 Å². The molecule has 0 aromatic carbocycles. The Morgan fingerprint density at radius 3 is 2.83 bits per heavy atom. The van der Waals surface area contributed by atoms with Crippen molar-refractivity contribution in [3.63, 3.8) is 0 Å². The van der Waals surface area contributed by atoms with Crippen LogP contribution in [0.2, 0.25) is 0 Å². The average molecular weight is 426 g/mol. The summed E-state index contributed by atoms with van der Waals surface area (Å²) in [7, 11) is 1.88. The van der Waals surface area contributed by atoms with Gasteiger partial charge in [0.2, 0.25) is 0 Å². The lowest BCUT2D eigenvalue weighted by Crippen LogP contribution is -2.34. The average Bonchev–Trinajstić information content (AvgIpc) is 3.37. The number of likely N-dealkylation sites (tertiary alicyclic amines) is 1. The van der Waals surface area contributed by atoms with Crippen molar-refractivity contribution in [2.24, 2.45) is 13.0 Å². The van der Waals surface area contributed by atoms with E-state index in [1.54, 1.807) is 16.0 Å². The van der Waals surface area contributed by atoms with Crippen LogP contribution in [-0.4, -0.2) is 51.8 Å². The van der Waals surface area contributed by atoms with Crippen LogP contribution >= 0.6 is 11.3 Å². The van der Waals surface area contributed by atoms with Gasteiger partial charge in [0.25, 0.3) is 5.91 Å². The molecule has 3 aromatic rings. The molecule has 0 radical (unpaired) electrons. The minimum absolute atomic E-state index is 0.0388. The fourth-order valence-electron chi connectivity index (χ4n) is 4.22. The highest BCUT2D eigenvalue weighted by Gasteiger charge is 2.19. The van der Waals surface area contributed by atoms with Crippen molar-refractivity contribution < 1.29 is 4.79 Å². The van der Waals surface area contributed by atoms with E-state index in [2.05, 4.69) is 22.2 Å². The molecular formula is C23H31N5OS. The predicted octanol–water partition coefficient (Wildman–Crippen LogP) is 4.25. The van der Waals surface area contributed by atoms with E-state index in [0.29, 0.717) is 12.1 Å². The van der Waals surface area contributed by atoms with Gasteiger partial charge in [-0.1, -0.05) is 13.0 Å². The number of rotatable bonds is 7. The number of fused-ring (bicyclic) bond motifs is 1. The Morgan fingerprint density at radius 2 is 2.10 bits per heavy atom. The van der Waals surface area contributed by atoms with Crippen molar-refractivity contribution in [1.82, 2.24) is 25.0 Å². The van der Waals surface area contributed by atoms with Crippen molar-refractivity contribution in [3.8, 4) is 10.6 Å². The highest BCUT2D eigenvalue weighted by atomic mass is 32.1. The second-order valence-corrected chi connectivity index (χ2v) is 9.37. The SMILES string of the molecule is Cc1nn(C)c2nc(-c3cccs3)cc(C(=O)NCCCCN3CCC(C)CC3)c12. The third-order valence-electron chi connectivity index (χ3n) is 6.05. The van der Waals surface area contributed by atoms with E-state index in [-0.39, 0.29) is 5.91 Å². The van der Waals surface area contributed by atoms with Gasteiger partial charge < -0.3 is 10.2 Å². The second kappa shape index (κ2) is 9.27. The minimum Gasteiger partial charge on any atom is -0.352 e. The molecule has 6 nitrogen and oxygen atoms in total. The highest BCUT2D eigenvalue weighted by molar-refractivity contribution is 7.13. The monoisotopic (exact) mass is 425 g/mol. The van der Waals surface area contributed by atoms with Gasteiger partial charge in [-0.25, -0.2) is 4.98 Å². The molecule has 0 atom stereocenters. The van der Waals surface area contributed by atoms with E-state index in [1.807, 2.05) is 37.6 Å². The van der Waals surface area contributed by atoms with Gasteiger partial charge in [-0.05, 0) is 75.7 Å². The molecule has 1 aliphatic heterocycles. The van der Waals surface area contributed by atoms with Crippen LogP contribution in [0.5, 0.6) is 0 Å². The van der Waals surface area contributed by atoms with Crippen LogP contribution in [-0.2, 0) is 7.05 Å². The van der Waals surface area contributed by atoms with Crippen molar-refractivity contribution in [3.05, 3.63) is 34.8 Å². The van der Waals surface area contributed by atoms with E-state index < -0.39 is 0 Å². The molecule has 1 fully saturated rings. The second-order valence-electron chi connectivity index (χ2n) is 8.43. The van der Waals surface area contributed by atoms with Crippen molar-refractivity contribution in [2.75, 3.05) is 26.2 Å². The number of nitrogens with zero attached hydrogens (tertiary/aromatic N) is 4. The smallest absolute Gasteiger partial charge is 0.252 e.